The lowest BCUT2D eigenvalue weighted by molar-refractivity contribution is -0.132. The molecule has 1 atom stereocenters. The number of aromatic amines is 1. The molecule has 0 aromatic carbocycles. The molecule has 0 radical (unpaired) electrons. The molecule has 1 N–H and O–H groups in total. The summed E-state index contributed by atoms with van der Waals surface area (Å²) in [6.45, 7) is 9.41. The topological polar surface area (TPSA) is 142 Å². The third kappa shape index (κ3) is 4.28. The number of ether oxygens (including phenoxy) is 1. The van der Waals surface area contributed by atoms with Crippen LogP contribution in [0, 0.1) is 12.3 Å². The average molecular weight is 558 g/mol. The van der Waals surface area contributed by atoms with Crippen LogP contribution in [0.2, 0.25) is 0 Å². The summed E-state index contributed by atoms with van der Waals surface area (Å²) >= 11 is 0. The number of aryl methyl sites for hydroxylation is 1. The molecule has 0 unspecified atom stereocenters. The molecule has 0 bridgehead atoms. The van der Waals surface area contributed by atoms with Crippen LogP contribution in [0.25, 0.3) is 16.7 Å². The first kappa shape index (κ1) is 26.4. The van der Waals surface area contributed by atoms with Gasteiger partial charge in [-0.2, -0.15) is 5.10 Å². The first-order valence-corrected chi connectivity index (χ1v) is 13.4. The lowest BCUT2D eigenvalue weighted by atomic mass is 9.82. The lowest BCUT2D eigenvalue weighted by Crippen LogP contribution is -2.60. The summed E-state index contributed by atoms with van der Waals surface area (Å²) < 4.78 is 7.01. The molecule has 41 heavy (non-hydrogen) atoms. The average Bonchev–Trinajstić information content (AvgIpc) is 3.61. The fourth-order valence-electron chi connectivity index (χ4n) is 5.60. The Morgan fingerprint density at radius 1 is 1.15 bits per heavy atom. The summed E-state index contributed by atoms with van der Waals surface area (Å²) in [7, 11) is 1.49. The summed E-state index contributed by atoms with van der Waals surface area (Å²) in [6.07, 6.45) is 6.24. The number of anilines is 2. The maximum atomic E-state index is 13.6. The minimum Gasteiger partial charge on any atom is -0.494 e. The van der Waals surface area contributed by atoms with Crippen LogP contribution in [0.3, 0.4) is 0 Å². The number of aromatic nitrogens is 6. The fraction of sp³-hybridized carbons (Fsp3) is 0.393. The van der Waals surface area contributed by atoms with Crippen LogP contribution in [-0.2, 0) is 9.59 Å². The second-order valence-corrected chi connectivity index (χ2v) is 11.1. The van der Waals surface area contributed by atoms with Crippen molar-refractivity contribution in [3.8, 4) is 11.6 Å². The molecule has 6 rings (SSSR count). The van der Waals surface area contributed by atoms with Crippen molar-refractivity contribution in [2.75, 3.05) is 43.1 Å². The molecule has 6 heterocycles. The zero-order valence-electron chi connectivity index (χ0n) is 23.6. The Hall–Kier alpha value is -4.81. The highest BCUT2D eigenvalue weighted by molar-refractivity contribution is 6.45. The summed E-state index contributed by atoms with van der Waals surface area (Å²) in [5.74, 6) is 0.883. The molecule has 13 nitrogen and oxygen atoms in total. The number of rotatable bonds is 6. The van der Waals surface area contributed by atoms with Crippen molar-refractivity contribution >= 4 is 40.0 Å². The van der Waals surface area contributed by atoms with Gasteiger partial charge in [-0.25, -0.2) is 19.6 Å². The summed E-state index contributed by atoms with van der Waals surface area (Å²) in [6, 6.07) is 3.44. The second kappa shape index (κ2) is 9.68. The van der Waals surface area contributed by atoms with Gasteiger partial charge in [0.05, 0.1) is 40.9 Å². The van der Waals surface area contributed by atoms with Crippen LogP contribution in [0.4, 0.5) is 11.5 Å². The first-order valence-electron chi connectivity index (χ1n) is 13.4. The summed E-state index contributed by atoms with van der Waals surface area (Å²) in [5, 5.41) is 4.77. The Kier molecular flexibility index (Phi) is 6.24. The van der Waals surface area contributed by atoms with Crippen molar-refractivity contribution in [1.29, 1.82) is 0 Å². The van der Waals surface area contributed by atoms with Crippen molar-refractivity contribution < 1.29 is 19.1 Å². The molecule has 4 aromatic heterocycles. The zero-order valence-corrected chi connectivity index (χ0v) is 23.6. The van der Waals surface area contributed by atoms with Gasteiger partial charge < -0.3 is 24.4 Å². The van der Waals surface area contributed by atoms with E-state index in [1.165, 1.54) is 30.5 Å². The molecule has 212 valence electrons. The van der Waals surface area contributed by atoms with E-state index >= 15 is 0 Å². The number of fused-ring (bicyclic) bond motifs is 1. The standard InChI is InChI=1S/C28H31N9O4/c1-16-13-34(24-19(7-6-8-29-24)36-14-28(3,4)27(36)40)9-10-35(16)26(39)23(38)18-11-30-22-21(18)20(41-5)12-31-25(22)37-15-32-17(2)33-37/h6-8,11-12,15-16,30H,9-10,13-14H2,1-5H3/t16-/m1/s1. The number of hydrogen-bond acceptors (Lipinski definition) is 9. The summed E-state index contributed by atoms with van der Waals surface area (Å²) in [4.78, 5) is 61.6. The maximum absolute atomic E-state index is 13.6. The van der Waals surface area contributed by atoms with Crippen molar-refractivity contribution in [1.82, 2.24) is 34.6 Å². The quantitative estimate of drug-likeness (QED) is 0.214. The normalized spacial score (nSPS) is 18.5. The van der Waals surface area contributed by atoms with E-state index in [1.807, 2.05) is 32.9 Å². The van der Waals surface area contributed by atoms with Gasteiger partial charge in [-0.15, -0.1) is 0 Å². The maximum Gasteiger partial charge on any atom is 0.295 e. The molecule has 0 saturated carbocycles. The van der Waals surface area contributed by atoms with E-state index in [-0.39, 0.29) is 22.9 Å². The third-order valence-electron chi connectivity index (χ3n) is 7.76. The highest BCUT2D eigenvalue weighted by Gasteiger charge is 2.46. The number of piperazine rings is 1. The molecule has 2 fully saturated rings. The second-order valence-electron chi connectivity index (χ2n) is 11.1. The molecular weight excluding hydrogens is 526 g/mol. The van der Waals surface area contributed by atoms with E-state index in [9.17, 15) is 14.4 Å². The largest absolute Gasteiger partial charge is 0.494 e. The van der Waals surface area contributed by atoms with E-state index in [0.717, 1.165) is 5.69 Å². The van der Waals surface area contributed by atoms with E-state index < -0.39 is 11.7 Å². The van der Waals surface area contributed by atoms with Crippen molar-refractivity contribution in [2.45, 2.75) is 33.7 Å². The van der Waals surface area contributed by atoms with Crippen molar-refractivity contribution in [3.05, 3.63) is 48.4 Å². The van der Waals surface area contributed by atoms with Gasteiger partial charge in [0.2, 0.25) is 5.91 Å². The number of nitrogens with zero attached hydrogens (tertiary/aromatic N) is 8. The van der Waals surface area contributed by atoms with Crippen LogP contribution in [0.5, 0.6) is 5.75 Å². The van der Waals surface area contributed by atoms with Gasteiger partial charge in [-0.1, -0.05) is 0 Å². The summed E-state index contributed by atoms with van der Waals surface area (Å²) in [5.41, 5.74) is 1.08. The highest BCUT2D eigenvalue weighted by Crippen LogP contribution is 2.39. The number of ketones is 1. The van der Waals surface area contributed by atoms with E-state index in [0.29, 0.717) is 60.3 Å². The van der Waals surface area contributed by atoms with Crippen LogP contribution < -0.4 is 14.5 Å². The van der Waals surface area contributed by atoms with Gasteiger partial charge in [-0.05, 0) is 39.8 Å². The number of carbonyl (C=O) groups is 3. The minimum atomic E-state index is -0.645. The number of β-lactam (4-membered cyclic amide) rings is 1. The fourth-order valence-corrected chi connectivity index (χ4v) is 5.60. The molecular formula is C28H31N9O4. The van der Waals surface area contributed by atoms with Crippen LogP contribution in [-0.4, -0.2) is 91.5 Å². The third-order valence-corrected chi connectivity index (χ3v) is 7.76. The Balaban J connectivity index is 1.24. The molecule has 4 aromatic rings. The van der Waals surface area contributed by atoms with Crippen molar-refractivity contribution in [2.24, 2.45) is 5.41 Å². The Morgan fingerprint density at radius 3 is 2.61 bits per heavy atom. The van der Waals surface area contributed by atoms with Gasteiger partial charge in [0.1, 0.15) is 17.9 Å². The monoisotopic (exact) mass is 557 g/mol. The molecule has 2 saturated heterocycles. The van der Waals surface area contributed by atoms with Gasteiger partial charge in [0.25, 0.3) is 11.7 Å². The SMILES string of the molecule is COc1cnc(-n2cnc(C)n2)c2[nH]cc(C(=O)C(=O)N3CCN(c4ncccc4N4CC(C)(C)C4=O)C[C@H]3C)c12. The lowest BCUT2D eigenvalue weighted by Gasteiger charge is -2.46. The van der Waals surface area contributed by atoms with Gasteiger partial charge >= 0.3 is 0 Å². The molecule has 2 aliphatic heterocycles. The van der Waals surface area contributed by atoms with Gasteiger partial charge in [-0.3, -0.25) is 14.4 Å². The number of hydrogen-bond donors (Lipinski definition) is 1. The van der Waals surface area contributed by atoms with E-state index in [1.54, 1.807) is 22.9 Å². The number of carbonyl (C=O) groups excluding carboxylic acids is 3. The number of amides is 2. The predicted octanol–water partition coefficient (Wildman–Crippen LogP) is 2.15. The Labute approximate surface area is 236 Å². The van der Waals surface area contributed by atoms with E-state index in [2.05, 4.69) is 29.9 Å². The first-order chi connectivity index (χ1) is 19.6. The number of Topliss-reactive ketones (excluding diaryl/α,β-unsaturated/α-hetero) is 1. The highest BCUT2D eigenvalue weighted by atomic mass is 16.5. The van der Waals surface area contributed by atoms with Crippen LogP contribution >= 0.6 is 0 Å². The predicted molar refractivity (Wildman–Crippen MR) is 150 cm³/mol. The van der Waals surface area contributed by atoms with E-state index in [4.69, 9.17) is 4.74 Å². The van der Waals surface area contributed by atoms with Crippen LogP contribution in [0.15, 0.2) is 37.1 Å². The smallest absolute Gasteiger partial charge is 0.295 e. The number of H-pyrrole nitrogens is 1. The van der Waals surface area contributed by atoms with Crippen molar-refractivity contribution in [3.63, 3.8) is 0 Å². The number of methoxy groups -OCH3 is 1. The Morgan fingerprint density at radius 2 is 1.95 bits per heavy atom. The molecule has 13 heteroatoms. The molecule has 0 spiro atoms. The molecule has 2 amide bonds. The number of pyridine rings is 2. The van der Waals surface area contributed by atoms with Gasteiger partial charge in [0.15, 0.2) is 11.6 Å². The van der Waals surface area contributed by atoms with Crippen LogP contribution in [0.1, 0.15) is 37.0 Å². The Bertz CT molecular complexity index is 1690. The molecule has 0 aliphatic carbocycles. The number of nitrogens with one attached hydrogen (secondary N) is 1. The zero-order chi connectivity index (χ0) is 29.1. The minimum absolute atomic E-state index is 0.0608. The molecule has 2 aliphatic rings. The van der Waals surface area contributed by atoms with Gasteiger partial charge in [0, 0.05) is 44.6 Å².